The molecular formula is C24H27NO5. The molecule has 1 aliphatic rings. The Hall–Kier alpha value is -3.28. The van der Waals surface area contributed by atoms with Gasteiger partial charge in [-0.15, -0.1) is 0 Å². The summed E-state index contributed by atoms with van der Waals surface area (Å²) in [6.45, 7) is 6.44. The number of carbonyl (C=O) groups excluding carboxylic acids is 2. The molecular weight excluding hydrogens is 382 g/mol. The normalized spacial score (nSPS) is 16.4. The van der Waals surface area contributed by atoms with E-state index in [0.717, 1.165) is 0 Å². The van der Waals surface area contributed by atoms with E-state index in [0.29, 0.717) is 35.3 Å². The summed E-state index contributed by atoms with van der Waals surface area (Å²) in [5.41, 5.74) is 1.40. The van der Waals surface area contributed by atoms with Gasteiger partial charge in [0.05, 0.1) is 25.3 Å². The Bertz CT molecular complexity index is 945. The fraction of sp³-hybridized carbons (Fsp3) is 0.333. The summed E-state index contributed by atoms with van der Waals surface area (Å²) < 4.78 is 10.9. The van der Waals surface area contributed by atoms with Crippen molar-refractivity contribution in [2.45, 2.75) is 33.2 Å². The van der Waals surface area contributed by atoms with Crippen LogP contribution in [0.4, 0.5) is 5.69 Å². The Morgan fingerprint density at radius 2 is 1.67 bits per heavy atom. The summed E-state index contributed by atoms with van der Waals surface area (Å²) in [5, 5.41) is 10.5. The lowest BCUT2D eigenvalue weighted by Crippen LogP contribution is -2.31. The van der Waals surface area contributed by atoms with Crippen molar-refractivity contribution in [2.75, 3.05) is 18.6 Å². The van der Waals surface area contributed by atoms with E-state index in [4.69, 9.17) is 9.47 Å². The zero-order valence-electron chi connectivity index (χ0n) is 17.7. The largest absolute Gasteiger partial charge is 0.503 e. The zero-order valence-corrected chi connectivity index (χ0v) is 17.7. The Balaban J connectivity index is 2.00. The number of aliphatic hydroxyl groups is 1. The lowest BCUT2D eigenvalue weighted by Gasteiger charge is -2.27. The van der Waals surface area contributed by atoms with E-state index >= 15 is 0 Å². The third-order valence-corrected chi connectivity index (χ3v) is 4.96. The zero-order chi connectivity index (χ0) is 21.8. The van der Waals surface area contributed by atoms with E-state index < -0.39 is 17.7 Å². The molecule has 1 N–H and O–H groups in total. The van der Waals surface area contributed by atoms with E-state index in [-0.39, 0.29) is 17.8 Å². The molecule has 0 radical (unpaired) electrons. The molecule has 1 amide bonds. The Labute approximate surface area is 176 Å². The van der Waals surface area contributed by atoms with Gasteiger partial charge in [0.25, 0.3) is 5.91 Å². The van der Waals surface area contributed by atoms with E-state index in [9.17, 15) is 14.7 Å². The van der Waals surface area contributed by atoms with E-state index in [1.807, 2.05) is 0 Å². The molecule has 6 nitrogen and oxygen atoms in total. The average Bonchev–Trinajstić information content (AvgIpc) is 3.03. The number of amides is 1. The van der Waals surface area contributed by atoms with Crippen molar-refractivity contribution in [3.8, 4) is 11.5 Å². The molecule has 0 saturated carbocycles. The fourth-order valence-electron chi connectivity index (χ4n) is 3.41. The molecule has 1 aliphatic heterocycles. The van der Waals surface area contributed by atoms with Crippen molar-refractivity contribution in [2.24, 2.45) is 5.92 Å². The van der Waals surface area contributed by atoms with Gasteiger partial charge < -0.3 is 14.6 Å². The molecule has 0 bridgehead atoms. The predicted molar refractivity (Wildman–Crippen MR) is 115 cm³/mol. The number of benzene rings is 2. The number of hydrogen-bond acceptors (Lipinski definition) is 5. The molecule has 6 heteroatoms. The van der Waals surface area contributed by atoms with E-state index in [1.165, 1.54) is 4.90 Å². The minimum absolute atomic E-state index is 0.118. The van der Waals surface area contributed by atoms with Crippen LogP contribution < -0.4 is 14.4 Å². The quantitative estimate of drug-likeness (QED) is 0.689. The van der Waals surface area contributed by atoms with Crippen molar-refractivity contribution in [1.82, 2.24) is 0 Å². The number of hydrogen-bond donors (Lipinski definition) is 1. The van der Waals surface area contributed by atoms with Crippen LogP contribution in [0.3, 0.4) is 0 Å². The molecule has 0 aliphatic carbocycles. The van der Waals surface area contributed by atoms with Gasteiger partial charge in [0.1, 0.15) is 11.5 Å². The van der Waals surface area contributed by atoms with Gasteiger partial charge in [-0.2, -0.15) is 0 Å². The van der Waals surface area contributed by atoms with E-state index in [1.54, 1.807) is 62.6 Å². The second-order valence-corrected chi connectivity index (χ2v) is 7.59. The summed E-state index contributed by atoms with van der Waals surface area (Å²) in [5.74, 6) is 0.403. The van der Waals surface area contributed by atoms with Gasteiger partial charge in [0.15, 0.2) is 11.5 Å². The third-order valence-electron chi connectivity index (χ3n) is 4.96. The van der Waals surface area contributed by atoms with Gasteiger partial charge in [0.2, 0.25) is 0 Å². The number of ketones is 1. The highest BCUT2D eigenvalue weighted by atomic mass is 16.5. The molecule has 0 spiro atoms. The molecule has 1 atom stereocenters. The summed E-state index contributed by atoms with van der Waals surface area (Å²) in [6, 6.07) is 13.5. The van der Waals surface area contributed by atoms with Crippen molar-refractivity contribution in [1.29, 1.82) is 0 Å². The van der Waals surface area contributed by atoms with E-state index in [2.05, 4.69) is 13.8 Å². The SMILES string of the molecule is CCC(=O)C1=C(O)C(=O)N(c2ccc(OCC(C)C)cc2)C1c1ccc(OC)cc1. The molecule has 0 aromatic heterocycles. The summed E-state index contributed by atoms with van der Waals surface area (Å²) in [6.07, 6.45) is 0.190. The Morgan fingerprint density at radius 3 is 2.20 bits per heavy atom. The maximum absolute atomic E-state index is 13.0. The summed E-state index contributed by atoms with van der Waals surface area (Å²) >= 11 is 0. The number of nitrogens with zero attached hydrogens (tertiary/aromatic N) is 1. The Morgan fingerprint density at radius 1 is 1.07 bits per heavy atom. The van der Waals surface area contributed by atoms with Crippen molar-refractivity contribution < 1.29 is 24.2 Å². The molecule has 1 heterocycles. The first-order valence-corrected chi connectivity index (χ1v) is 10.0. The lowest BCUT2D eigenvalue weighted by molar-refractivity contribution is -0.118. The first kappa shape index (κ1) is 21.4. The number of methoxy groups -OCH3 is 1. The van der Waals surface area contributed by atoms with Crippen LogP contribution in [-0.2, 0) is 9.59 Å². The van der Waals surface area contributed by atoms with Crippen LogP contribution in [0.5, 0.6) is 11.5 Å². The van der Waals surface area contributed by atoms with Crippen molar-refractivity contribution >= 4 is 17.4 Å². The minimum Gasteiger partial charge on any atom is -0.503 e. The van der Waals surface area contributed by atoms with Crippen LogP contribution in [0, 0.1) is 5.92 Å². The molecule has 2 aromatic carbocycles. The van der Waals surface area contributed by atoms with Gasteiger partial charge in [-0.25, -0.2) is 0 Å². The first-order chi connectivity index (χ1) is 14.4. The highest BCUT2D eigenvalue weighted by Gasteiger charge is 2.43. The van der Waals surface area contributed by atoms with Crippen LogP contribution in [0.15, 0.2) is 59.9 Å². The molecule has 0 fully saturated rings. The lowest BCUT2D eigenvalue weighted by atomic mass is 9.95. The first-order valence-electron chi connectivity index (χ1n) is 10.0. The predicted octanol–water partition coefficient (Wildman–Crippen LogP) is 4.61. The topological polar surface area (TPSA) is 76.1 Å². The van der Waals surface area contributed by atoms with Gasteiger partial charge in [0, 0.05) is 12.1 Å². The molecule has 30 heavy (non-hydrogen) atoms. The van der Waals surface area contributed by atoms with Gasteiger partial charge >= 0.3 is 0 Å². The highest BCUT2D eigenvalue weighted by Crippen LogP contribution is 2.42. The molecule has 158 valence electrons. The Kier molecular flexibility index (Phi) is 6.45. The number of rotatable bonds is 8. The summed E-state index contributed by atoms with van der Waals surface area (Å²) in [4.78, 5) is 27.0. The van der Waals surface area contributed by atoms with Gasteiger partial charge in [-0.3, -0.25) is 14.5 Å². The molecule has 1 unspecified atom stereocenters. The smallest absolute Gasteiger partial charge is 0.294 e. The highest BCUT2D eigenvalue weighted by molar-refractivity contribution is 6.16. The minimum atomic E-state index is -0.710. The number of carbonyl (C=O) groups is 2. The van der Waals surface area contributed by atoms with Crippen LogP contribution in [0.25, 0.3) is 0 Å². The maximum atomic E-state index is 13.0. The van der Waals surface area contributed by atoms with Crippen molar-refractivity contribution in [3.63, 3.8) is 0 Å². The molecule has 0 saturated heterocycles. The van der Waals surface area contributed by atoms with Crippen LogP contribution in [-0.4, -0.2) is 30.5 Å². The molecule has 2 aromatic rings. The average molecular weight is 409 g/mol. The second kappa shape index (κ2) is 9.03. The number of Topliss-reactive ketones (excluding diaryl/α,β-unsaturated/α-hetero) is 1. The fourth-order valence-corrected chi connectivity index (χ4v) is 3.41. The number of aliphatic hydroxyl groups excluding tert-OH is 1. The number of anilines is 1. The summed E-state index contributed by atoms with van der Waals surface area (Å²) in [7, 11) is 1.57. The van der Waals surface area contributed by atoms with Gasteiger partial charge in [-0.05, 0) is 47.9 Å². The standard InChI is InChI=1S/C24H27NO5/c1-5-20(26)21-22(16-6-10-18(29-4)11-7-16)25(24(28)23(21)27)17-8-12-19(13-9-17)30-14-15(2)3/h6-13,15,22,27H,5,14H2,1-4H3. The third kappa shape index (κ3) is 4.17. The molecule has 3 rings (SSSR count). The van der Waals surface area contributed by atoms with Crippen molar-refractivity contribution in [3.05, 3.63) is 65.4 Å². The van der Waals surface area contributed by atoms with Crippen LogP contribution >= 0.6 is 0 Å². The maximum Gasteiger partial charge on any atom is 0.294 e. The second-order valence-electron chi connectivity index (χ2n) is 7.59. The van der Waals surface area contributed by atoms with Crippen LogP contribution in [0.2, 0.25) is 0 Å². The monoisotopic (exact) mass is 409 g/mol. The van der Waals surface area contributed by atoms with Crippen LogP contribution in [0.1, 0.15) is 38.8 Å². The number of ether oxygens (including phenoxy) is 2. The van der Waals surface area contributed by atoms with Gasteiger partial charge in [-0.1, -0.05) is 32.9 Å².